The molecule has 0 N–H and O–H groups in total. The number of hydrogen-bond acceptors (Lipinski definition) is 4. The molecule has 0 atom stereocenters. The molecule has 0 unspecified atom stereocenters. The first kappa shape index (κ1) is 17.8. The maximum atomic E-state index is 12.4. The van der Waals surface area contributed by atoms with Crippen molar-refractivity contribution in [1.82, 2.24) is 0 Å². The van der Waals surface area contributed by atoms with Crippen molar-refractivity contribution in [3.05, 3.63) is 100 Å². The molecule has 0 saturated heterocycles. The van der Waals surface area contributed by atoms with Crippen molar-refractivity contribution in [2.45, 2.75) is 17.2 Å². The number of non-ortho nitro benzene ring substituents is 1. The number of benzene rings is 2. The minimum absolute atomic E-state index is 0.0497. The van der Waals surface area contributed by atoms with Crippen molar-refractivity contribution in [3.8, 4) is 0 Å². The first-order valence-corrected chi connectivity index (χ1v) is 9.58. The predicted molar refractivity (Wildman–Crippen MR) is 96.2 cm³/mol. The lowest BCUT2D eigenvalue weighted by atomic mass is 10.2. The summed E-state index contributed by atoms with van der Waals surface area (Å²) in [6.45, 7) is 0.466. The second-order valence-electron chi connectivity index (χ2n) is 5.88. The number of rotatable bonds is 6. The molecule has 0 aliphatic heterocycles. The van der Waals surface area contributed by atoms with Crippen LogP contribution in [-0.2, 0) is 22.1 Å². The first-order chi connectivity index (χ1) is 12.4. The van der Waals surface area contributed by atoms with E-state index in [9.17, 15) is 18.5 Å². The summed E-state index contributed by atoms with van der Waals surface area (Å²) in [5, 5.41) is 10.8. The fraction of sp³-hybridized carbons (Fsp3) is 0.105. The van der Waals surface area contributed by atoms with Gasteiger partial charge in [0.25, 0.3) is 5.69 Å². The maximum Gasteiger partial charge on any atom is 0.269 e. The van der Waals surface area contributed by atoms with E-state index in [0.29, 0.717) is 17.0 Å². The van der Waals surface area contributed by atoms with Crippen molar-refractivity contribution in [2.75, 3.05) is 0 Å². The van der Waals surface area contributed by atoms with Gasteiger partial charge in [-0.25, -0.2) is 13.0 Å². The number of nitro groups is 1. The molecule has 0 bridgehead atoms. The molecule has 0 saturated carbocycles. The van der Waals surface area contributed by atoms with E-state index in [4.69, 9.17) is 0 Å². The van der Waals surface area contributed by atoms with Crippen LogP contribution >= 0.6 is 0 Å². The van der Waals surface area contributed by atoms with Crippen LogP contribution in [0.15, 0.2) is 84.0 Å². The summed E-state index contributed by atoms with van der Waals surface area (Å²) in [4.78, 5) is 10.7. The molecular formula is C19H17N2O4S+. The molecule has 0 amide bonds. The van der Waals surface area contributed by atoms with Gasteiger partial charge in [0.2, 0.25) is 0 Å². The maximum absolute atomic E-state index is 12.4. The molecule has 1 aromatic heterocycles. The Morgan fingerprint density at radius 1 is 0.885 bits per heavy atom. The molecular weight excluding hydrogens is 352 g/mol. The van der Waals surface area contributed by atoms with Gasteiger partial charge in [0.05, 0.1) is 15.6 Å². The Bertz CT molecular complexity index is 1020. The summed E-state index contributed by atoms with van der Waals surface area (Å²) >= 11 is 0. The Morgan fingerprint density at radius 2 is 1.58 bits per heavy atom. The van der Waals surface area contributed by atoms with E-state index in [1.54, 1.807) is 60.9 Å². The van der Waals surface area contributed by atoms with Crippen LogP contribution < -0.4 is 4.57 Å². The second kappa shape index (κ2) is 7.45. The largest absolute Gasteiger partial charge is 0.269 e. The van der Waals surface area contributed by atoms with Gasteiger partial charge in [-0.2, -0.15) is 0 Å². The third-order valence-corrected chi connectivity index (χ3v) is 5.61. The van der Waals surface area contributed by atoms with Gasteiger partial charge in [0.15, 0.2) is 28.8 Å². The van der Waals surface area contributed by atoms with Crippen LogP contribution in [0.3, 0.4) is 0 Å². The third-order valence-electron chi connectivity index (χ3n) is 3.91. The van der Waals surface area contributed by atoms with Crippen molar-refractivity contribution in [2.24, 2.45) is 0 Å². The summed E-state index contributed by atoms with van der Waals surface area (Å²) in [7, 11) is -3.38. The molecule has 0 radical (unpaired) electrons. The minimum Gasteiger partial charge on any atom is -0.258 e. The van der Waals surface area contributed by atoms with Gasteiger partial charge in [-0.1, -0.05) is 30.3 Å². The normalized spacial score (nSPS) is 11.2. The van der Waals surface area contributed by atoms with Crippen molar-refractivity contribution < 1.29 is 17.9 Å². The van der Waals surface area contributed by atoms with E-state index in [1.807, 2.05) is 10.6 Å². The van der Waals surface area contributed by atoms with Crippen molar-refractivity contribution >= 4 is 15.5 Å². The van der Waals surface area contributed by atoms with Crippen LogP contribution in [0.4, 0.5) is 5.69 Å². The van der Waals surface area contributed by atoms with Gasteiger partial charge < -0.3 is 0 Å². The van der Waals surface area contributed by atoms with E-state index in [0.717, 1.165) is 5.56 Å². The quantitative estimate of drug-likeness (QED) is 0.380. The van der Waals surface area contributed by atoms with Crippen LogP contribution in [-0.4, -0.2) is 13.3 Å². The van der Waals surface area contributed by atoms with Gasteiger partial charge in [-0.15, -0.1) is 0 Å². The Labute approximate surface area is 151 Å². The standard InChI is InChI=1S/C19H17N2O4S/c22-21(23)18-6-4-5-17(13-18)14-20-11-9-16(10-12-20)15-26(24,25)19-7-2-1-3-8-19/h1-13H,14-15H2/q+1. The topological polar surface area (TPSA) is 81.2 Å². The highest BCUT2D eigenvalue weighted by atomic mass is 32.2. The summed E-state index contributed by atoms with van der Waals surface area (Å²) < 4.78 is 26.7. The van der Waals surface area contributed by atoms with E-state index >= 15 is 0 Å². The van der Waals surface area contributed by atoms with Gasteiger partial charge in [-0.05, 0) is 17.7 Å². The monoisotopic (exact) mass is 369 g/mol. The highest BCUT2D eigenvalue weighted by molar-refractivity contribution is 7.90. The zero-order valence-electron chi connectivity index (χ0n) is 13.9. The Kier molecular flexibility index (Phi) is 5.09. The van der Waals surface area contributed by atoms with Gasteiger partial charge >= 0.3 is 0 Å². The Hall–Kier alpha value is -3.06. The fourth-order valence-corrected chi connectivity index (χ4v) is 3.97. The molecule has 3 rings (SSSR count). The van der Waals surface area contributed by atoms with E-state index in [2.05, 4.69) is 0 Å². The number of nitrogens with zero attached hydrogens (tertiary/aromatic N) is 2. The molecule has 0 fully saturated rings. The molecule has 6 nitrogen and oxygen atoms in total. The van der Waals surface area contributed by atoms with Crippen LogP contribution in [0, 0.1) is 10.1 Å². The lowest BCUT2D eigenvalue weighted by Crippen LogP contribution is -2.33. The SMILES string of the molecule is O=[N+]([O-])c1cccc(C[n+]2ccc(CS(=O)(=O)c3ccccc3)cc2)c1. The second-order valence-corrected chi connectivity index (χ2v) is 7.87. The summed E-state index contributed by atoms with van der Waals surface area (Å²) in [6.07, 6.45) is 3.54. The van der Waals surface area contributed by atoms with Gasteiger partial charge in [0.1, 0.15) is 0 Å². The molecule has 0 spiro atoms. The number of sulfone groups is 1. The van der Waals surface area contributed by atoms with Gasteiger partial charge in [-0.3, -0.25) is 10.1 Å². The first-order valence-electron chi connectivity index (χ1n) is 7.93. The zero-order chi connectivity index (χ0) is 18.6. The molecule has 2 aromatic carbocycles. The van der Waals surface area contributed by atoms with Crippen LogP contribution in [0.1, 0.15) is 11.1 Å². The molecule has 0 aliphatic rings. The molecule has 0 aliphatic carbocycles. The summed E-state index contributed by atoms with van der Waals surface area (Å²) in [5.41, 5.74) is 1.53. The molecule has 26 heavy (non-hydrogen) atoms. The summed E-state index contributed by atoms with van der Waals surface area (Å²) in [6, 6.07) is 18.3. The lowest BCUT2D eigenvalue weighted by molar-refractivity contribution is -0.688. The highest BCUT2D eigenvalue weighted by Crippen LogP contribution is 2.16. The predicted octanol–water partition coefficient (Wildman–Crippen LogP) is 2.90. The van der Waals surface area contributed by atoms with E-state index in [-0.39, 0.29) is 11.4 Å². The van der Waals surface area contributed by atoms with E-state index < -0.39 is 14.8 Å². The lowest BCUT2D eigenvalue weighted by Gasteiger charge is -2.04. The number of hydrogen-bond donors (Lipinski definition) is 0. The van der Waals surface area contributed by atoms with Crippen molar-refractivity contribution in [1.29, 1.82) is 0 Å². The third kappa shape index (κ3) is 4.31. The van der Waals surface area contributed by atoms with Crippen molar-refractivity contribution in [3.63, 3.8) is 0 Å². The number of pyridine rings is 1. The minimum atomic E-state index is -3.38. The smallest absolute Gasteiger partial charge is 0.258 e. The van der Waals surface area contributed by atoms with Crippen LogP contribution in [0.5, 0.6) is 0 Å². The van der Waals surface area contributed by atoms with Crippen LogP contribution in [0.2, 0.25) is 0 Å². The Balaban J connectivity index is 1.73. The highest BCUT2D eigenvalue weighted by Gasteiger charge is 2.16. The van der Waals surface area contributed by atoms with Gasteiger partial charge in [0, 0.05) is 29.8 Å². The fourth-order valence-electron chi connectivity index (χ4n) is 2.60. The molecule has 132 valence electrons. The molecule has 1 heterocycles. The Morgan fingerprint density at radius 3 is 2.23 bits per heavy atom. The average Bonchev–Trinajstić information content (AvgIpc) is 2.64. The van der Waals surface area contributed by atoms with Crippen LogP contribution in [0.25, 0.3) is 0 Å². The zero-order valence-corrected chi connectivity index (χ0v) is 14.7. The molecule has 7 heteroatoms. The molecule has 3 aromatic rings. The van der Waals surface area contributed by atoms with E-state index in [1.165, 1.54) is 12.1 Å². The number of nitro benzene ring substituents is 1. The number of aromatic nitrogens is 1. The average molecular weight is 369 g/mol. The summed E-state index contributed by atoms with van der Waals surface area (Å²) in [5.74, 6) is -0.0747.